The van der Waals surface area contributed by atoms with Crippen LogP contribution in [0.1, 0.15) is 38.2 Å². The summed E-state index contributed by atoms with van der Waals surface area (Å²) < 4.78 is 5.12. The first kappa shape index (κ1) is 19.3. The number of carboxylic acids is 1. The first-order chi connectivity index (χ1) is 15.0. The van der Waals surface area contributed by atoms with Crippen LogP contribution in [0.5, 0.6) is 0 Å². The number of aromatic nitrogens is 2. The summed E-state index contributed by atoms with van der Waals surface area (Å²) in [6, 6.07) is 14.7. The van der Waals surface area contributed by atoms with Gasteiger partial charge in [-0.15, -0.1) is 0 Å². The van der Waals surface area contributed by atoms with Crippen molar-refractivity contribution in [1.82, 2.24) is 15.0 Å². The van der Waals surface area contributed by atoms with E-state index in [9.17, 15) is 14.7 Å². The van der Waals surface area contributed by atoms with E-state index in [1.165, 1.54) is 0 Å². The number of carbonyl (C=O) groups is 2. The average molecular weight is 418 g/mol. The normalized spacial score (nSPS) is 22.5. The number of aromatic carboxylic acids is 1. The van der Waals surface area contributed by atoms with Crippen molar-refractivity contribution in [1.29, 1.82) is 0 Å². The summed E-state index contributed by atoms with van der Waals surface area (Å²) in [6.07, 6.45) is 1.62. The Morgan fingerprint density at radius 2 is 1.90 bits per heavy atom. The maximum absolute atomic E-state index is 13.3. The van der Waals surface area contributed by atoms with Crippen molar-refractivity contribution in [2.75, 3.05) is 24.5 Å². The van der Waals surface area contributed by atoms with E-state index in [2.05, 4.69) is 10.1 Å². The van der Waals surface area contributed by atoms with Crippen molar-refractivity contribution in [3.05, 3.63) is 77.3 Å². The van der Waals surface area contributed by atoms with Crippen LogP contribution in [0.15, 0.2) is 59.3 Å². The van der Waals surface area contributed by atoms with Crippen LogP contribution in [0, 0.1) is 18.8 Å². The molecular weight excluding hydrogens is 396 g/mol. The molecule has 2 fully saturated rings. The van der Waals surface area contributed by atoms with E-state index in [4.69, 9.17) is 4.52 Å². The number of pyridine rings is 1. The van der Waals surface area contributed by atoms with Gasteiger partial charge in [0, 0.05) is 43.7 Å². The van der Waals surface area contributed by atoms with Crippen molar-refractivity contribution < 1.29 is 19.2 Å². The topological polar surface area (TPSA) is 99.8 Å². The molecule has 2 aliphatic heterocycles. The first-order valence-electron chi connectivity index (χ1n) is 10.3. The molecule has 3 atom stereocenters. The van der Waals surface area contributed by atoms with Gasteiger partial charge in [0.25, 0.3) is 5.91 Å². The molecule has 1 amide bonds. The van der Waals surface area contributed by atoms with Gasteiger partial charge in [0.1, 0.15) is 17.1 Å². The molecule has 2 aromatic heterocycles. The monoisotopic (exact) mass is 418 g/mol. The molecule has 3 aromatic rings. The Labute approximate surface area is 179 Å². The highest BCUT2D eigenvalue weighted by molar-refractivity contribution is 5.94. The zero-order valence-corrected chi connectivity index (χ0v) is 17.0. The third kappa shape index (κ3) is 3.34. The van der Waals surface area contributed by atoms with Gasteiger partial charge < -0.3 is 19.4 Å². The molecule has 0 radical (unpaired) electrons. The number of hydrogen-bond acceptors (Lipinski definition) is 6. The lowest BCUT2D eigenvalue weighted by Gasteiger charge is -2.30. The van der Waals surface area contributed by atoms with E-state index in [1.807, 2.05) is 40.1 Å². The Hall–Kier alpha value is -3.68. The zero-order valence-electron chi connectivity index (χ0n) is 17.0. The minimum Gasteiger partial charge on any atom is -0.478 e. The third-order valence-electron chi connectivity index (χ3n) is 6.23. The summed E-state index contributed by atoms with van der Waals surface area (Å²) in [5.41, 5.74) is 1.57. The first-order valence-corrected chi connectivity index (χ1v) is 10.3. The van der Waals surface area contributed by atoms with E-state index in [0.717, 1.165) is 5.56 Å². The smallest absolute Gasteiger partial charge is 0.339 e. The highest BCUT2D eigenvalue weighted by atomic mass is 16.5. The lowest BCUT2D eigenvalue weighted by atomic mass is 9.89. The molecule has 2 saturated heterocycles. The van der Waals surface area contributed by atoms with Crippen LogP contribution in [0.25, 0.3) is 0 Å². The number of nitrogens with zero attached hydrogens (tertiary/aromatic N) is 4. The van der Waals surface area contributed by atoms with E-state index < -0.39 is 5.97 Å². The summed E-state index contributed by atoms with van der Waals surface area (Å²) in [6.45, 7) is 3.61. The van der Waals surface area contributed by atoms with Crippen molar-refractivity contribution in [2.45, 2.75) is 13.0 Å². The van der Waals surface area contributed by atoms with Crippen molar-refractivity contribution >= 4 is 17.7 Å². The summed E-state index contributed by atoms with van der Waals surface area (Å²) in [5, 5.41) is 13.5. The lowest BCUT2D eigenvalue weighted by Crippen LogP contribution is -2.36. The Morgan fingerprint density at radius 1 is 1.10 bits per heavy atom. The fraction of sp³-hybridized carbons (Fsp3) is 0.304. The number of fused-ring (bicyclic) bond motifs is 1. The molecule has 31 heavy (non-hydrogen) atoms. The molecule has 2 aliphatic rings. The van der Waals surface area contributed by atoms with Gasteiger partial charge in [-0.3, -0.25) is 4.79 Å². The number of benzene rings is 1. The van der Waals surface area contributed by atoms with E-state index in [1.54, 1.807) is 31.3 Å². The van der Waals surface area contributed by atoms with Gasteiger partial charge in [-0.1, -0.05) is 35.5 Å². The van der Waals surface area contributed by atoms with E-state index in [0.29, 0.717) is 36.9 Å². The van der Waals surface area contributed by atoms with Gasteiger partial charge in [0.05, 0.1) is 6.04 Å². The second kappa shape index (κ2) is 7.54. The summed E-state index contributed by atoms with van der Waals surface area (Å²) in [4.78, 5) is 33.2. The molecule has 0 unspecified atom stereocenters. The summed E-state index contributed by atoms with van der Waals surface area (Å²) in [5.74, 6) is 0.310. The molecule has 8 heteroatoms. The van der Waals surface area contributed by atoms with E-state index in [-0.39, 0.29) is 29.3 Å². The molecule has 0 aliphatic carbocycles. The molecule has 4 heterocycles. The van der Waals surface area contributed by atoms with Gasteiger partial charge in [-0.25, -0.2) is 9.78 Å². The van der Waals surface area contributed by atoms with Crippen molar-refractivity contribution in [3.63, 3.8) is 0 Å². The van der Waals surface area contributed by atoms with Gasteiger partial charge in [-0.2, -0.15) is 0 Å². The predicted octanol–water partition coefficient (Wildman–Crippen LogP) is 3.03. The number of hydrogen-bond donors (Lipinski definition) is 1. The second-order valence-electron chi connectivity index (χ2n) is 8.14. The number of anilines is 1. The molecule has 0 spiro atoms. The van der Waals surface area contributed by atoms with Crippen LogP contribution in [-0.2, 0) is 0 Å². The van der Waals surface area contributed by atoms with Crippen LogP contribution in [0.4, 0.5) is 5.82 Å². The van der Waals surface area contributed by atoms with Crippen molar-refractivity contribution in [3.8, 4) is 0 Å². The van der Waals surface area contributed by atoms with Gasteiger partial charge in [-0.05, 0) is 24.6 Å². The number of likely N-dealkylation sites (tertiary alicyclic amines) is 1. The van der Waals surface area contributed by atoms with Crippen LogP contribution in [0.3, 0.4) is 0 Å². The van der Waals surface area contributed by atoms with E-state index >= 15 is 0 Å². The largest absolute Gasteiger partial charge is 0.478 e. The number of rotatable bonds is 4. The Kier molecular flexibility index (Phi) is 4.69. The SMILES string of the molecule is Cc1cc(C(=O)N2C[C@@H]3CN(c4ncccc4C(=O)O)C[C@@H]3[C@H]2c2ccccc2)no1. The standard InChI is InChI=1S/C23H22N4O4/c1-14-10-19(25-31-14)22(28)27-12-16-11-26(21-17(23(29)30)8-5-9-24-21)13-18(16)20(27)15-6-3-2-4-7-15/h2-10,16,18,20H,11-13H2,1H3,(H,29,30)/t16-,18-,20+/m0/s1. The van der Waals surface area contributed by atoms with Crippen molar-refractivity contribution in [2.24, 2.45) is 11.8 Å². The zero-order chi connectivity index (χ0) is 21.5. The highest BCUT2D eigenvalue weighted by Crippen LogP contribution is 2.46. The molecular formula is C23H22N4O4. The van der Waals surface area contributed by atoms with Crippen LogP contribution < -0.4 is 4.90 Å². The third-order valence-corrected chi connectivity index (χ3v) is 6.23. The summed E-state index contributed by atoms with van der Waals surface area (Å²) >= 11 is 0. The number of aryl methyl sites for hydroxylation is 1. The Morgan fingerprint density at radius 3 is 2.61 bits per heavy atom. The quantitative estimate of drug-likeness (QED) is 0.695. The number of carboxylic acid groups (broad SMARTS) is 1. The molecule has 158 valence electrons. The van der Waals surface area contributed by atoms with Gasteiger partial charge in [0.15, 0.2) is 5.69 Å². The lowest BCUT2D eigenvalue weighted by molar-refractivity contribution is 0.0693. The van der Waals surface area contributed by atoms with Crippen LogP contribution in [-0.4, -0.2) is 51.7 Å². The number of amides is 1. The van der Waals surface area contributed by atoms with Gasteiger partial charge in [0.2, 0.25) is 0 Å². The molecule has 8 nitrogen and oxygen atoms in total. The average Bonchev–Trinajstić information content (AvgIpc) is 3.48. The van der Waals surface area contributed by atoms with Crippen LogP contribution in [0.2, 0.25) is 0 Å². The maximum atomic E-state index is 13.3. The van der Waals surface area contributed by atoms with Gasteiger partial charge >= 0.3 is 5.97 Å². The molecule has 1 aromatic carbocycles. The molecule has 0 bridgehead atoms. The Balaban J connectivity index is 1.48. The minimum absolute atomic E-state index is 0.127. The fourth-order valence-electron chi connectivity index (χ4n) is 4.93. The molecule has 1 N–H and O–H groups in total. The second-order valence-corrected chi connectivity index (χ2v) is 8.14. The Bertz CT molecular complexity index is 1130. The fourth-order valence-corrected chi connectivity index (χ4v) is 4.93. The predicted molar refractivity (Wildman–Crippen MR) is 112 cm³/mol. The molecule has 0 saturated carbocycles. The summed E-state index contributed by atoms with van der Waals surface area (Å²) in [7, 11) is 0. The van der Waals surface area contributed by atoms with Crippen LogP contribution >= 0.6 is 0 Å². The number of carbonyl (C=O) groups excluding carboxylic acids is 1. The maximum Gasteiger partial charge on any atom is 0.339 e. The highest BCUT2D eigenvalue weighted by Gasteiger charge is 2.50. The minimum atomic E-state index is -0.988. The molecule has 5 rings (SSSR count).